The topological polar surface area (TPSA) is 88.8 Å². The average molecular weight is 560 g/mol. The van der Waals surface area contributed by atoms with Crippen LogP contribution >= 0.6 is 0 Å². The Balaban J connectivity index is 1.40. The number of ether oxygens (including phenoxy) is 3. The Morgan fingerprint density at radius 2 is 1.63 bits per heavy atom. The fourth-order valence-electron chi connectivity index (χ4n) is 5.23. The molecule has 1 atom stereocenters. The van der Waals surface area contributed by atoms with E-state index in [-0.39, 0.29) is 24.4 Å². The first-order valence-corrected chi connectivity index (χ1v) is 13.9. The van der Waals surface area contributed by atoms with Crippen LogP contribution in [-0.2, 0) is 16.6 Å². The van der Waals surface area contributed by atoms with Crippen LogP contribution in [0.3, 0.4) is 0 Å². The molecule has 2 aromatic carbocycles. The molecule has 3 aromatic rings. The molecular weight excluding hydrogens is 522 g/mol. The number of benzene rings is 2. The van der Waals surface area contributed by atoms with Crippen LogP contribution in [0.4, 0.5) is 0 Å². The predicted molar refractivity (Wildman–Crippen MR) is 155 cm³/mol. The van der Waals surface area contributed by atoms with Crippen molar-refractivity contribution in [2.75, 3.05) is 60.2 Å². The molecule has 0 aliphatic carbocycles. The highest BCUT2D eigenvalue weighted by Crippen LogP contribution is 2.34. The van der Waals surface area contributed by atoms with Crippen LogP contribution in [0.25, 0.3) is 0 Å². The molecule has 10 heteroatoms. The van der Waals surface area contributed by atoms with Gasteiger partial charge in [0.2, 0.25) is 0 Å². The first-order valence-electron chi connectivity index (χ1n) is 13.9. The molecule has 0 bridgehead atoms. The standard InChI is InChI=1S/C31H37N5O5/c1-33-14-4-5-28(33)27-21-29(23-6-10-25(39-2)11-7-23)36(32-27)30(37)22-35(16-15-34-17-19-41-20-18-34)31(38)24-8-12-26(40-3)13-9-24/h4-14,29H,15-22H2,1-3H3/t29-/m1/s1. The van der Waals surface area contributed by atoms with Crippen LogP contribution in [0.1, 0.15) is 34.1 Å². The number of morpholine rings is 1. The predicted octanol–water partition coefficient (Wildman–Crippen LogP) is 3.19. The number of hydrogen-bond acceptors (Lipinski definition) is 7. The minimum Gasteiger partial charge on any atom is -0.497 e. The summed E-state index contributed by atoms with van der Waals surface area (Å²) in [6.45, 7) is 3.90. The Bertz CT molecular complexity index is 1360. The number of rotatable bonds is 10. The Labute approximate surface area is 240 Å². The van der Waals surface area contributed by atoms with Crippen molar-refractivity contribution in [3.05, 3.63) is 83.7 Å². The van der Waals surface area contributed by atoms with Crippen LogP contribution < -0.4 is 9.47 Å². The summed E-state index contributed by atoms with van der Waals surface area (Å²) in [5, 5.41) is 6.37. The number of aryl methyl sites for hydroxylation is 1. The maximum absolute atomic E-state index is 14.0. The van der Waals surface area contributed by atoms with Gasteiger partial charge in [-0.05, 0) is 54.1 Å². The van der Waals surface area contributed by atoms with Crippen molar-refractivity contribution in [2.45, 2.75) is 12.5 Å². The zero-order valence-electron chi connectivity index (χ0n) is 23.9. The number of aromatic nitrogens is 1. The quantitative estimate of drug-likeness (QED) is 0.379. The van der Waals surface area contributed by atoms with E-state index in [4.69, 9.17) is 19.3 Å². The highest BCUT2D eigenvalue weighted by atomic mass is 16.5. The number of nitrogens with zero attached hydrogens (tertiary/aromatic N) is 5. The normalized spacial score (nSPS) is 17.3. The van der Waals surface area contributed by atoms with E-state index in [9.17, 15) is 9.59 Å². The molecule has 0 N–H and O–H groups in total. The largest absolute Gasteiger partial charge is 0.497 e. The molecule has 3 heterocycles. The molecule has 2 amide bonds. The monoisotopic (exact) mass is 559 g/mol. The van der Waals surface area contributed by atoms with E-state index in [1.54, 1.807) is 48.4 Å². The van der Waals surface area contributed by atoms with Crippen molar-refractivity contribution >= 4 is 17.5 Å². The van der Waals surface area contributed by atoms with Crippen molar-refractivity contribution in [1.82, 2.24) is 19.4 Å². The Kier molecular flexibility index (Phi) is 9.01. The van der Waals surface area contributed by atoms with Crippen LogP contribution in [0.5, 0.6) is 11.5 Å². The first-order chi connectivity index (χ1) is 20.0. The Morgan fingerprint density at radius 1 is 0.976 bits per heavy atom. The Morgan fingerprint density at radius 3 is 2.24 bits per heavy atom. The van der Waals surface area contributed by atoms with E-state index in [1.807, 2.05) is 54.2 Å². The molecule has 1 aromatic heterocycles. The van der Waals surface area contributed by atoms with E-state index >= 15 is 0 Å². The molecule has 0 radical (unpaired) electrons. The molecule has 0 saturated carbocycles. The summed E-state index contributed by atoms with van der Waals surface area (Å²) in [7, 11) is 5.18. The van der Waals surface area contributed by atoms with Crippen molar-refractivity contribution < 1.29 is 23.8 Å². The number of methoxy groups -OCH3 is 2. The molecule has 0 unspecified atom stereocenters. The van der Waals surface area contributed by atoms with Gasteiger partial charge in [-0.2, -0.15) is 5.10 Å². The molecule has 216 valence electrons. The van der Waals surface area contributed by atoms with Gasteiger partial charge in [-0.25, -0.2) is 5.01 Å². The molecule has 1 saturated heterocycles. The van der Waals surface area contributed by atoms with Crippen LogP contribution in [0.2, 0.25) is 0 Å². The van der Waals surface area contributed by atoms with Gasteiger partial charge in [0.25, 0.3) is 11.8 Å². The number of carbonyl (C=O) groups excluding carboxylic acids is 2. The van der Waals surface area contributed by atoms with Gasteiger partial charge in [0.15, 0.2) is 0 Å². The van der Waals surface area contributed by atoms with Crippen LogP contribution in [-0.4, -0.2) is 97.1 Å². The molecule has 10 nitrogen and oxygen atoms in total. The third-order valence-electron chi connectivity index (χ3n) is 7.65. The van der Waals surface area contributed by atoms with Gasteiger partial charge in [0, 0.05) is 51.4 Å². The second kappa shape index (κ2) is 13.0. The highest BCUT2D eigenvalue weighted by Gasteiger charge is 2.35. The molecule has 2 aliphatic heterocycles. The number of amides is 2. The minimum atomic E-state index is -0.296. The molecule has 2 aliphatic rings. The molecule has 1 fully saturated rings. The van der Waals surface area contributed by atoms with Gasteiger partial charge < -0.3 is 23.7 Å². The Hall–Kier alpha value is -4.15. The smallest absolute Gasteiger partial charge is 0.262 e. The zero-order chi connectivity index (χ0) is 28.8. The van der Waals surface area contributed by atoms with Crippen molar-refractivity contribution in [3.63, 3.8) is 0 Å². The van der Waals surface area contributed by atoms with Gasteiger partial charge >= 0.3 is 0 Å². The third kappa shape index (κ3) is 6.61. The van der Waals surface area contributed by atoms with Crippen molar-refractivity contribution in [2.24, 2.45) is 12.1 Å². The van der Waals surface area contributed by atoms with Crippen molar-refractivity contribution in [1.29, 1.82) is 0 Å². The zero-order valence-corrected chi connectivity index (χ0v) is 23.9. The number of hydrogen-bond donors (Lipinski definition) is 0. The lowest BCUT2D eigenvalue weighted by Gasteiger charge is -2.31. The summed E-state index contributed by atoms with van der Waals surface area (Å²) in [5.74, 6) is 0.965. The lowest BCUT2D eigenvalue weighted by Crippen LogP contribution is -2.46. The average Bonchev–Trinajstić information content (AvgIpc) is 3.66. The van der Waals surface area contributed by atoms with Gasteiger partial charge in [-0.15, -0.1) is 0 Å². The second-order valence-electron chi connectivity index (χ2n) is 10.2. The third-order valence-corrected chi connectivity index (χ3v) is 7.65. The highest BCUT2D eigenvalue weighted by molar-refractivity contribution is 6.02. The number of carbonyl (C=O) groups is 2. The molecule has 41 heavy (non-hydrogen) atoms. The van der Waals surface area contributed by atoms with E-state index < -0.39 is 0 Å². The van der Waals surface area contributed by atoms with Gasteiger partial charge in [0.05, 0.1) is 44.9 Å². The van der Waals surface area contributed by atoms with Crippen molar-refractivity contribution in [3.8, 4) is 11.5 Å². The molecule has 5 rings (SSSR count). The summed E-state index contributed by atoms with van der Waals surface area (Å²) in [6, 6.07) is 18.3. The van der Waals surface area contributed by atoms with E-state index in [1.165, 1.54) is 0 Å². The van der Waals surface area contributed by atoms with Gasteiger partial charge in [-0.3, -0.25) is 14.5 Å². The first kappa shape index (κ1) is 28.4. The van der Waals surface area contributed by atoms with Crippen LogP contribution in [0, 0.1) is 0 Å². The lowest BCUT2D eigenvalue weighted by molar-refractivity contribution is -0.133. The maximum atomic E-state index is 14.0. The summed E-state index contributed by atoms with van der Waals surface area (Å²) in [6.07, 6.45) is 2.53. The maximum Gasteiger partial charge on any atom is 0.262 e. The fraction of sp³-hybridized carbons (Fsp3) is 0.387. The second-order valence-corrected chi connectivity index (χ2v) is 10.2. The summed E-state index contributed by atoms with van der Waals surface area (Å²) < 4.78 is 18.1. The summed E-state index contributed by atoms with van der Waals surface area (Å²) in [4.78, 5) is 31.6. The van der Waals surface area contributed by atoms with Gasteiger partial charge in [-0.1, -0.05) is 12.1 Å². The van der Waals surface area contributed by atoms with E-state index in [0.717, 1.165) is 35.8 Å². The van der Waals surface area contributed by atoms with Gasteiger partial charge in [0.1, 0.15) is 18.0 Å². The fourth-order valence-corrected chi connectivity index (χ4v) is 5.23. The SMILES string of the molecule is COc1ccc(C(=O)N(CCN2CCOCC2)CC(=O)N2N=C(c3cccn3C)C[C@@H]2c2ccc(OC)cc2)cc1. The van der Waals surface area contributed by atoms with Crippen LogP contribution in [0.15, 0.2) is 72.0 Å². The molecule has 0 spiro atoms. The van der Waals surface area contributed by atoms with E-state index in [0.29, 0.717) is 44.0 Å². The summed E-state index contributed by atoms with van der Waals surface area (Å²) in [5.41, 5.74) is 3.24. The lowest BCUT2D eigenvalue weighted by atomic mass is 10.0. The molecular formula is C31H37N5O5. The summed E-state index contributed by atoms with van der Waals surface area (Å²) >= 11 is 0. The van der Waals surface area contributed by atoms with E-state index in [2.05, 4.69) is 4.90 Å². The number of hydrazone groups is 1. The minimum absolute atomic E-state index is 0.0915.